The molecule has 0 unspecified atom stereocenters. The molecule has 1 aliphatic rings. The third-order valence-electron chi connectivity index (χ3n) is 5.62. The lowest BCUT2D eigenvalue weighted by molar-refractivity contribution is 0.0156. The van der Waals surface area contributed by atoms with Crippen molar-refractivity contribution in [2.75, 3.05) is 20.1 Å². The largest absolute Gasteiger partial charge is 0.444 e. The smallest absolute Gasteiger partial charge is 0.410 e. The molecule has 174 valence electrons. The summed E-state index contributed by atoms with van der Waals surface area (Å²) in [7, 11) is 1.71. The van der Waals surface area contributed by atoms with Crippen LogP contribution in [0.2, 0.25) is 0 Å². The van der Waals surface area contributed by atoms with E-state index in [1.807, 2.05) is 20.8 Å². The van der Waals surface area contributed by atoms with Crippen LogP contribution in [0.3, 0.4) is 0 Å². The number of carbonyl (C=O) groups excluding carboxylic acids is 2. The molecule has 1 aromatic heterocycles. The number of aromatic nitrogens is 2. The number of hydrogen-bond donors (Lipinski definition) is 0. The van der Waals surface area contributed by atoms with Crippen LogP contribution in [0.5, 0.6) is 0 Å². The highest BCUT2D eigenvalue weighted by Gasteiger charge is 2.32. The van der Waals surface area contributed by atoms with Crippen molar-refractivity contribution in [1.29, 1.82) is 0 Å². The van der Waals surface area contributed by atoms with E-state index in [4.69, 9.17) is 4.74 Å². The molecule has 2 aromatic rings. The maximum atomic E-state index is 14.3. The zero-order valence-corrected chi connectivity index (χ0v) is 19.4. The van der Waals surface area contributed by atoms with Crippen LogP contribution in [0.1, 0.15) is 55.4 Å². The summed E-state index contributed by atoms with van der Waals surface area (Å²) in [6, 6.07) is 3.23. The standard InChI is InChI=1S/C23H30F2N4O3/c1-14-20(15(2)29(26-14)19-8-7-16(24)13-18(19)25)21(30)28-11-9-17(10-12-28)27(6)22(31)32-23(3,4)5/h7-8,13,17H,9-12H2,1-6H3. The highest BCUT2D eigenvalue weighted by molar-refractivity contribution is 5.96. The second-order valence-corrected chi connectivity index (χ2v) is 9.17. The third-order valence-corrected chi connectivity index (χ3v) is 5.62. The number of likely N-dealkylation sites (tertiary alicyclic amines) is 1. The fourth-order valence-electron chi connectivity index (χ4n) is 3.94. The van der Waals surface area contributed by atoms with Crippen molar-refractivity contribution in [1.82, 2.24) is 19.6 Å². The van der Waals surface area contributed by atoms with Crippen molar-refractivity contribution < 1.29 is 23.1 Å². The first-order valence-corrected chi connectivity index (χ1v) is 10.7. The fourth-order valence-corrected chi connectivity index (χ4v) is 3.94. The Hall–Kier alpha value is -2.97. The van der Waals surface area contributed by atoms with Crippen LogP contribution in [0.25, 0.3) is 5.69 Å². The molecule has 3 rings (SSSR count). The summed E-state index contributed by atoms with van der Waals surface area (Å²) in [6.07, 6.45) is 0.872. The molecule has 7 nitrogen and oxygen atoms in total. The van der Waals surface area contributed by atoms with Crippen LogP contribution in [-0.4, -0.2) is 63.4 Å². The predicted molar refractivity (Wildman–Crippen MR) is 116 cm³/mol. The number of benzene rings is 1. The molecule has 9 heteroatoms. The molecule has 0 bridgehead atoms. The summed E-state index contributed by atoms with van der Waals surface area (Å²) in [4.78, 5) is 28.9. The van der Waals surface area contributed by atoms with Crippen LogP contribution >= 0.6 is 0 Å². The lowest BCUT2D eigenvalue weighted by Crippen LogP contribution is -2.48. The molecule has 0 radical (unpaired) electrons. The molecule has 32 heavy (non-hydrogen) atoms. The molecular formula is C23H30F2N4O3. The van der Waals surface area contributed by atoms with Crippen LogP contribution in [0.4, 0.5) is 13.6 Å². The molecule has 0 N–H and O–H groups in total. The number of halogens is 2. The van der Waals surface area contributed by atoms with E-state index in [1.165, 1.54) is 10.7 Å². The fraction of sp³-hybridized carbons (Fsp3) is 0.522. The quantitative estimate of drug-likeness (QED) is 0.705. The van der Waals surface area contributed by atoms with Gasteiger partial charge in [-0.05, 0) is 59.6 Å². The minimum atomic E-state index is -0.749. The summed E-state index contributed by atoms with van der Waals surface area (Å²) in [5.74, 6) is -1.61. The van der Waals surface area contributed by atoms with Gasteiger partial charge in [0.2, 0.25) is 0 Å². The topological polar surface area (TPSA) is 67.7 Å². The average Bonchev–Trinajstić information content (AvgIpc) is 2.99. The first-order chi connectivity index (χ1) is 14.9. The van der Waals surface area contributed by atoms with Gasteiger partial charge < -0.3 is 14.5 Å². The number of rotatable bonds is 3. The Morgan fingerprint density at radius 3 is 2.34 bits per heavy atom. The van der Waals surface area contributed by atoms with Gasteiger partial charge in [-0.25, -0.2) is 18.3 Å². The van der Waals surface area contributed by atoms with E-state index >= 15 is 0 Å². The summed E-state index contributed by atoms with van der Waals surface area (Å²) in [6.45, 7) is 9.81. The molecule has 1 saturated heterocycles. The van der Waals surface area contributed by atoms with Crippen LogP contribution in [0.15, 0.2) is 18.2 Å². The first-order valence-electron chi connectivity index (χ1n) is 10.7. The number of nitrogens with zero attached hydrogens (tertiary/aromatic N) is 4. The second kappa shape index (κ2) is 8.88. The lowest BCUT2D eigenvalue weighted by atomic mass is 10.0. The first kappa shape index (κ1) is 23.7. The highest BCUT2D eigenvalue weighted by atomic mass is 19.1. The molecule has 2 heterocycles. The zero-order chi connectivity index (χ0) is 23.8. The molecule has 0 spiro atoms. The van der Waals surface area contributed by atoms with E-state index in [9.17, 15) is 18.4 Å². The van der Waals surface area contributed by atoms with E-state index in [2.05, 4.69) is 5.10 Å². The molecule has 0 atom stereocenters. The minimum absolute atomic E-state index is 0.0212. The van der Waals surface area contributed by atoms with Crippen molar-refractivity contribution >= 4 is 12.0 Å². The number of piperidine rings is 1. The van der Waals surface area contributed by atoms with Gasteiger partial charge in [-0.15, -0.1) is 0 Å². The number of hydrogen-bond acceptors (Lipinski definition) is 4. The summed E-state index contributed by atoms with van der Waals surface area (Å²) in [5, 5.41) is 4.32. The molecule has 1 fully saturated rings. The van der Waals surface area contributed by atoms with E-state index in [-0.39, 0.29) is 23.7 Å². The number of ether oxygens (including phenoxy) is 1. The molecular weight excluding hydrogens is 418 g/mol. The van der Waals surface area contributed by atoms with Gasteiger partial charge in [-0.1, -0.05) is 0 Å². The maximum Gasteiger partial charge on any atom is 0.410 e. The van der Waals surface area contributed by atoms with Gasteiger partial charge in [-0.3, -0.25) is 4.79 Å². The van der Waals surface area contributed by atoms with Crippen molar-refractivity contribution in [2.45, 2.75) is 59.1 Å². The summed E-state index contributed by atoms with van der Waals surface area (Å²) < 4.78 is 34.3. The lowest BCUT2D eigenvalue weighted by Gasteiger charge is -2.37. The Morgan fingerprint density at radius 1 is 1.16 bits per heavy atom. The Kier molecular flexibility index (Phi) is 6.57. The molecule has 1 aliphatic heterocycles. The van der Waals surface area contributed by atoms with E-state index < -0.39 is 17.2 Å². The van der Waals surface area contributed by atoms with Crippen LogP contribution in [0, 0.1) is 25.5 Å². The monoisotopic (exact) mass is 448 g/mol. The Balaban J connectivity index is 1.72. The minimum Gasteiger partial charge on any atom is -0.444 e. The maximum absolute atomic E-state index is 14.3. The second-order valence-electron chi connectivity index (χ2n) is 9.17. The van der Waals surface area contributed by atoms with Gasteiger partial charge in [0.15, 0.2) is 5.82 Å². The van der Waals surface area contributed by atoms with Crippen LogP contribution in [-0.2, 0) is 4.74 Å². The van der Waals surface area contributed by atoms with E-state index in [0.717, 1.165) is 12.1 Å². The molecule has 1 aromatic carbocycles. The third kappa shape index (κ3) is 4.92. The predicted octanol–water partition coefficient (Wildman–Crippen LogP) is 4.24. The van der Waals surface area contributed by atoms with Gasteiger partial charge in [-0.2, -0.15) is 5.10 Å². The molecule has 0 saturated carbocycles. The average molecular weight is 449 g/mol. The molecule has 0 aliphatic carbocycles. The van der Waals surface area contributed by atoms with Crippen molar-refractivity contribution in [3.8, 4) is 5.69 Å². The van der Waals surface area contributed by atoms with Crippen molar-refractivity contribution in [2.24, 2.45) is 0 Å². The highest BCUT2D eigenvalue weighted by Crippen LogP contribution is 2.25. The summed E-state index contributed by atoms with van der Waals surface area (Å²) >= 11 is 0. The van der Waals surface area contributed by atoms with Crippen molar-refractivity contribution in [3.63, 3.8) is 0 Å². The zero-order valence-electron chi connectivity index (χ0n) is 19.4. The van der Waals surface area contributed by atoms with Gasteiger partial charge in [0.25, 0.3) is 5.91 Å². The normalized spacial score (nSPS) is 15.1. The van der Waals surface area contributed by atoms with E-state index in [1.54, 1.807) is 30.7 Å². The van der Waals surface area contributed by atoms with E-state index in [0.29, 0.717) is 42.9 Å². The van der Waals surface area contributed by atoms with Gasteiger partial charge >= 0.3 is 6.09 Å². The number of amides is 2. The SMILES string of the molecule is Cc1nn(-c2ccc(F)cc2F)c(C)c1C(=O)N1CCC(N(C)C(=O)OC(C)(C)C)CC1. The van der Waals surface area contributed by atoms with Crippen molar-refractivity contribution in [3.05, 3.63) is 46.8 Å². The van der Waals surface area contributed by atoms with Gasteiger partial charge in [0.05, 0.1) is 17.0 Å². The molecule has 2 amide bonds. The summed E-state index contributed by atoms with van der Waals surface area (Å²) in [5.41, 5.74) is 0.896. The van der Waals surface area contributed by atoms with Crippen LogP contribution < -0.4 is 0 Å². The van der Waals surface area contributed by atoms with Gasteiger partial charge in [0, 0.05) is 32.2 Å². The number of aryl methyl sites for hydroxylation is 1. The number of carbonyl (C=O) groups is 2. The Bertz CT molecular complexity index is 1020. The Labute approximate surface area is 186 Å². The Morgan fingerprint density at radius 2 is 1.78 bits per heavy atom. The van der Waals surface area contributed by atoms with Gasteiger partial charge in [0.1, 0.15) is 17.1 Å².